The summed E-state index contributed by atoms with van der Waals surface area (Å²) in [4.78, 5) is 14.8. The van der Waals surface area contributed by atoms with Gasteiger partial charge in [-0.25, -0.2) is 0 Å². The zero-order chi connectivity index (χ0) is 16.7. The van der Waals surface area contributed by atoms with Crippen molar-refractivity contribution >= 4 is 30.7 Å². The van der Waals surface area contributed by atoms with Crippen LogP contribution >= 0.6 is 24.8 Å². The normalized spacial score (nSPS) is 19.7. The van der Waals surface area contributed by atoms with Crippen molar-refractivity contribution in [2.75, 3.05) is 26.2 Å². The van der Waals surface area contributed by atoms with E-state index in [9.17, 15) is 4.79 Å². The summed E-state index contributed by atoms with van der Waals surface area (Å²) in [6.45, 7) is 12.0. The van der Waals surface area contributed by atoms with Crippen molar-refractivity contribution in [1.29, 1.82) is 0 Å². The Morgan fingerprint density at radius 2 is 1.76 bits per heavy atom. The molecule has 25 heavy (non-hydrogen) atoms. The Labute approximate surface area is 164 Å². The number of benzene rings is 1. The SMILES string of the molecule is CCN(CC)Cc1ccc(CNC(=O)C2(C)CCCNC2)cc1.Cl.Cl. The maximum absolute atomic E-state index is 12.4. The molecule has 0 radical (unpaired) electrons. The highest BCUT2D eigenvalue weighted by Gasteiger charge is 2.34. The van der Waals surface area contributed by atoms with Gasteiger partial charge in [-0.3, -0.25) is 9.69 Å². The summed E-state index contributed by atoms with van der Waals surface area (Å²) in [5, 5.41) is 6.43. The molecule has 6 heteroatoms. The van der Waals surface area contributed by atoms with Crippen LogP contribution in [0.2, 0.25) is 0 Å². The summed E-state index contributed by atoms with van der Waals surface area (Å²) in [6.07, 6.45) is 2.04. The van der Waals surface area contributed by atoms with Crippen LogP contribution in [0.15, 0.2) is 24.3 Å². The van der Waals surface area contributed by atoms with Crippen LogP contribution in [-0.2, 0) is 17.9 Å². The van der Waals surface area contributed by atoms with E-state index in [-0.39, 0.29) is 36.1 Å². The van der Waals surface area contributed by atoms with Crippen molar-refractivity contribution in [2.45, 2.75) is 46.7 Å². The molecular weight excluding hydrogens is 357 g/mol. The molecule has 1 heterocycles. The molecule has 1 amide bonds. The molecule has 0 aromatic heterocycles. The fraction of sp³-hybridized carbons (Fsp3) is 0.632. The topological polar surface area (TPSA) is 44.4 Å². The van der Waals surface area contributed by atoms with Crippen molar-refractivity contribution < 1.29 is 4.79 Å². The van der Waals surface area contributed by atoms with E-state index in [1.807, 2.05) is 0 Å². The molecule has 2 rings (SSSR count). The first kappa shape index (κ1) is 24.2. The average Bonchev–Trinajstić information content (AvgIpc) is 2.59. The minimum Gasteiger partial charge on any atom is -0.352 e. The largest absolute Gasteiger partial charge is 0.352 e. The van der Waals surface area contributed by atoms with E-state index in [0.29, 0.717) is 6.54 Å². The third kappa shape index (κ3) is 7.14. The molecule has 1 atom stereocenters. The lowest BCUT2D eigenvalue weighted by atomic mass is 9.82. The van der Waals surface area contributed by atoms with Gasteiger partial charge >= 0.3 is 0 Å². The Kier molecular flexibility index (Phi) is 11.4. The molecule has 1 aliphatic rings. The van der Waals surface area contributed by atoms with Gasteiger partial charge in [0.2, 0.25) is 5.91 Å². The third-order valence-electron chi connectivity index (χ3n) is 4.92. The van der Waals surface area contributed by atoms with Gasteiger partial charge in [0.05, 0.1) is 5.41 Å². The predicted molar refractivity (Wildman–Crippen MR) is 110 cm³/mol. The van der Waals surface area contributed by atoms with Crippen LogP contribution in [0, 0.1) is 5.41 Å². The van der Waals surface area contributed by atoms with Crippen LogP contribution < -0.4 is 10.6 Å². The maximum atomic E-state index is 12.4. The second-order valence-corrected chi connectivity index (χ2v) is 6.80. The number of rotatable bonds is 7. The number of amides is 1. The summed E-state index contributed by atoms with van der Waals surface area (Å²) in [5.41, 5.74) is 2.22. The first-order valence-electron chi connectivity index (χ1n) is 8.86. The number of nitrogens with one attached hydrogen (secondary N) is 2. The second-order valence-electron chi connectivity index (χ2n) is 6.80. The van der Waals surface area contributed by atoms with Crippen LogP contribution in [0.1, 0.15) is 44.7 Å². The van der Waals surface area contributed by atoms with Crippen LogP contribution in [0.4, 0.5) is 0 Å². The Hall–Kier alpha value is -0.810. The third-order valence-corrected chi connectivity index (χ3v) is 4.92. The summed E-state index contributed by atoms with van der Waals surface area (Å²) in [7, 11) is 0. The average molecular weight is 390 g/mol. The van der Waals surface area contributed by atoms with Gasteiger partial charge in [0, 0.05) is 19.6 Å². The molecule has 0 spiro atoms. The van der Waals surface area contributed by atoms with E-state index in [1.165, 1.54) is 5.56 Å². The molecule has 1 aromatic carbocycles. The monoisotopic (exact) mass is 389 g/mol. The Bertz CT molecular complexity index is 498. The second kappa shape index (κ2) is 11.7. The highest BCUT2D eigenvalue weighted by molar-refractivity contribution is 5.85. The molecular formula is C19H33Cl2N3O. The van der Waals surface area contributed by atoms with E-state index in [1.54, 1.807) is 0 Å². The van der Waals surface area contributed by atoms with Gasteiger partial charge in [-0.15, -0.1) is 24.8 Å². The first-order valence-corrected chi connectivity index (χ1v) is 8.86. The smallest absolute Gasteiger partial charge is 0.227 e. The summed E-state index contributed by atoms with van der Waals surface area (Å²) >= 11 is 0. The van der Waals surface area contributed by atoms with Crippen LogP contribution in [-0.4, -0.2) is 37.0 Å². The number of halogens is 2. The molecule has 0 saturated carbocycles. The quantitative estimate of drug-likeness (QED) is 0.750. The van der Waals surface area contributed by atoms with E-state index >= 15 is 0 Å². The van der Waals surface area contributed by atoms with Crippen LogP contribution in [0.25, 0.3) is 0 Å². The van der Waals surface area contributed by atoms with Gasteiger partial charge in [-0.05, 0) is 50.5 Å². The molecule has 0 aliphatic carbocycles. The Balaban J connectivity index is 0.00000288. The lowest BCUT2D eigenvalue weighted by molar-refractivity contribution is -0.131. The number of hydrogen-bond donors (Lipinski definition) is 2. The molecule has 1 unspecified atom stereocenters. The van der Waals surface area contributed by atoms with Crippen molar-refractivity contribution in [2.24, 2.45) is 5.41 Å². The van der Waals surface area contributed by atoms with E-state index in [4.69, 9.17) is 0 Å². The van der Waals surface area contributed by atoms with E-state index in [0.717, 1.165) is 51.1 Å². The number of carbonyl (C=O) groups is 1. The number of nitrogens with zero attached hydrogens (tertiary/aromatic N) is 1. The van der Waals surface area contributed by atoms with Gasteiger partial charge in [-0.1, -0.05) is 38.1 Å². The van der Waals surface area contributed by atoms with E-state index in [2.05, 4.69) is 60.6 Å². The van der Waals surface area contributed by atoms with Gasteiger partial charge in [0.25, 0.3) is 0 Å². The minimum absolute atomic E-state index is 0. The zero-order valence-corrected chi connectivity index (χ0v) is 17.3. The molecule has 1 aliphatic heterocycles. The summed E-state index contributed by atoms with van der Waals surface area (Å²) in [5.74, 6) is 0.164. The van der Waals surface area contributed by atoms with Gasteiger partial charge in [0.1, 0.15) is 0 Å². The Morgan fingerprint density at radius 3 is 2.28 bits per heavy atom. The van der Waals surface area contributed by atoms with Crippen LogP contribution in [0.3, 0.4) is 0 Å². The Morgan fingerprint density at radius 1 is 1.16 bits per heavy atom. The van der Waals surface area contributed by atoms with E-state index < -0.39 is 0 Å². The fourth-order valence-electron chi connectivity index (χ4n) is 3.11. The minimum atomic E-state index is -0.263. The molecule has 144 valence electrons. The molecule has 2 N–H and O–H groups in total. The molecule has 1 saturated heterocycles. The predicted octanol–water partition coefficient (Wildman–Crippen LogP) is 3.38. The fourth-order valence-corrected chi connectivity index (χ4v) is 3.11. The van der Waals surface area contributed by atoms with Crippen LogP contribution in [0.5, 0.6) is 0 Å². The van der Waals surface area contributed by atoms with Crippen molar-refractivity contribution in [3.8, 4) is 0 Å². The number of carbonyl (C=O) groups excluding carboxylic acids is 1. The highest BCUT2D eigenvalue weighted by atomic mass is 35.5. The lowest BCUT2D eigenvalue weighted by Crippen LogP contribution is -2.48. The molecule has 1 fully saturated rings. The molecule has 1 aromatic rings. The van der Waals surface area contributed by atoms with Crippen molar-refractivity contribution in [1.82, 2.24) is 15.5 Å². The lowest BCUT2D eigenvalue weighted by Gasteiger charge is -2.32. The van der Waals surface area contributed by atoms with Gasteiger partial charge in [0.15, 0.2) is 0 Å². The number of hydrogen-bond acceptors (Lipinski definition) is 3. The summed E-state index contributed by atoms with van der Waals surface area (Å²) in [6, 6.07) is 8.59. The molecule has 0 bridgehead atoms. The standard InChI is InChI=1S/C19H31N3O.2ClH/c1-4-22(5-2)14-17-9-7-16(8-10-17)13-21-18(23)19(3)11-6-12-20-15-19;;/h7-10,20H,4-6,11-15H2,1-3H3,(H,21,23);2*1H. The maximum Gasteiger partial charge on any atom is 0.227 e. The van der Waals surface area contributed by atoms with Crippen molar-refractivity contribution in [3.05, 3.63) is 35.4 Å². The highest BCUT2D eigenvalue weighted by Crippen LogP contribution is 2.25. The first-order chi connectivity index (χ1) is 11.1. The molecule has 4 nitrogen and oxygen atoms in total. The zero-order valence-electron chi connectivity index (χ0n) is 15.6. The van der Waals surface area contributed by atoms with Crippen molar-refractivity contribution in [3.63, 3.8) is 0 Å². The van der Waals surface area contributed by atoms with Gasteiger partial charge in [-0.2, -0.15) is 0 Å². The summed E-state index contributed by atoms with van der Waals surface area (Å²) < 4.78 is 0. The van der Waals surface area contributed by atoms with Gasteiger partial charge < -0.3 is 10.6 Å². The number of piperidine rings is 1.